The number of aromatic nitrogens is 4. The van der Waals surface area contributed by atoms with E-state index in [-0.39, 0.29) is 17.5 Å². The Labute approximate surface area is 230 Å². The van der Waals surface area contributed by atoms with Gasteiger partial charge in [0.05, 0.1) is 16.2 Å². The Morgan fingerprint density at radius 3 is 2.76 bits per heavy atom. The Hall–Kier alpha value is -2.95. The van der Waals surface area contributed by atoms with E-state index in [1.807, 2.05) is 18.2 Å². The molecule has 2 atom stereocenters. The lowest BCUT2D eigenvalue weighted by molar-refractivity contribution is -0.148. The SMILES string of the molecule is CC(Cn1cnc2c(cnn2C)c1=O)NC(=O)C(=O)N1CCCC2(CCN(Cc3ccc(Cl)c(Cl)c3)C2)C1. The van der Waals surface area contributed by atoms with Crippen molar-refractivity contribution < 1.29 is 9.59 Å². The molecule has 2 unspecified atom stereocenters. The van der Waals surface area contributed by atoms with Crippen molar-refractivity contribution in [3.63, 3.8) is 0 Å². The molecule has 1 N–H and O–H groups in total. The second-order valence-electron chi connectivity index (χ2n) is 10.6. The molecule has 10 nitrogen and oxygen atoms in total. The van der Waals surface area contributed by atoms with Crippen LogP contribution in [0.4, 0.5) is 0 Å². The zero-order valence-corrected chi connectivity index (χ0v) is 23.0. The minimum Gasteiger partial charge on any atom is -0.344 e. The third kappa shape index (κ3) is 5.43. The molecule has 3 aromatic rings. The topological polar surface area (TPSA) is 105 Å². The second-order valence-corrected chi connectivity index (χ2v) is 11.4. The summed E-state index contributed by atoms with van der Waals surface area (Å²) >= 11 is 12.2. The van der Waals surface area contributed by atoms with Crippen molar-refractivity contribution >= 4 is 46.0 Å². The van der Waals surface area contributed by atoms with E-state index in [4.69, 9.17) is 23.2 Å². The Bertz CT molecular complexity index is 1440. The van der Waals surface area contributed by atoms with Crippen molar-refractivity contribution in [2.75, 3.05) is 26.2 Å². The second kappa shape index (κ2) is 10.7. The summed E-state index contributed by atoms with van der Waals surface area (Å²) in [6.45, 7) is 5.65. The number of hydrogen-bond acceptors (Lipinski definition) is 6. The van der Waals surface area contributed by atoms with Gasteiger partial charge in [-0.3, -0.25) is 28.5 Å². The summed E-state index contributed by atoms with van der Waals surface area (Å²) in [5.41, 5.74) is 1.35. The molecule has 2 aliphatic rings. The van der Waals surface area contributed by atoms with Crippen LogP contribution < -0.4 is 10.9 Å². The van der Waals surface area contributed by atoms with Crippen LogP contribution in [0.5, 0.6) is 0 Å². The molecule has 1 spiro atoms. The molecule has 202 valence electrons. The number of nitrogens with one attached hydrogen (secondary N) is 1. The third-order valence-electron chi connectivity index (χ3n) is 7.62. The van der Waals surface area contributed by atoms with Gasteiger partial charge in [0.1, 0.15) is 11.7 Å². The summed E-state index contributed by atoms with van der Waals surface area (Å²) in [4.78, 5) is 47.0. The van der Waals surface area contributed by atoms with E-state index >= 15 is 0 Å². The van der Waals surface area contributed by atoms with Gasteiger partial charge in [0, 0.05) is 51.2 Å². The molecule has 4 heterocycles. The van der Waals surface area contributed by atoms with E-state index in [2.05, 4.69) is 20.3 Å². The van der Waals surface area contributed by atoms with E-state index in [0.717, 1.165) is 44.5 Å². The lowest BCUT2D eigenvalue weighted by Crippen LogP contribution is -2.53. The molecule has 0 radical (unpaired) electrons. The van der Waals surface area contributed by atoms with Crippen LogP contribution >= 0.6 is 23.2 Å². The highest BCUT2D eigenvalue weighted by Crippen LogP contribution is 2.39. The summed E-state index contributed by atoms with van der Waals surface area (Å²) in [5, 5.41) is 8.33. The van der Waals surface area contributed by atoms with Crippen molar-refractivity contribution in [3.8, 4) is 0 Å². The molecule has 1 aromatic carbocycles. The standard InChI is InChI=1S/C26H31Cl2N7O3/c1-17(12-35-16-29-22-19(24(35)37)11-30-32(22)2)31-23(36)25(38)34-8-3-6-26(15-34)7-9-33(14-26)13-18-4-5-20(27)21(28)10-18/h4-5,10-11,16-17H,3,6-9,12-15H2,1-2H3,(H,31,36). The lowest BCUT2D eigenvalue weighted by atomic mass is 9.79. The number of rotatable bonds is 5. The van der Waals surface area contributed by atoms with Crippen molar-refractivity contribution in [2.45, 2.75) is 45.3 Å². The maximum atomic E-state index is 13.1. The molecule has 2 fully saturated rings. The molecule has 0 bridgehead atoms. The quantitative estimate of drug-likeness (QED) is 0.481. The third-order valence-corrected chi connectivity index (χ3v) is 8.36. The molecule has 2 aliphatic heterocycles. The Balaban J connectivity index is 1.17. The van der Waals surface area contributed by atoms with Gasteiger partial charge in [0.25, 0.3) is 5.56 Å². The largest absolute Gasteiger partial charge is 0.344 e. The van der Waals surface area contributed by atoms with Gasteiger partial charge in [-0.15, -0.1) is 0 Å². The summed E-state index contributed by atoms with van der Waals surface area (Å²) in [6.07, 6.45) is 5.79. The van der Waals surface area contributed by atoms with E-state index in [1.165, 1.54) is 21.8 Å². The fourth-order valence-electron chi connectivity index (χ4n) is 5.74. The fourth-order valence-corrected chi connectivity index (χ4v) is 6.06. The Morgan fingerprint density at radius 1 is 1.16 bits per heavy atom. The van der Waals surface area contributed by atoms with Gasteiger partial charge in [0.15, 0.2) is 5.65 Å². The molecule has 2 amide bonds. The Morgan fingerprint density at radius 2 is 1.97 bits per heavy atom. The molecule has 0 aliphatic carbocycles. The number of piperidine rings is 1. The highest BCUT2D eigenvalue weighted by Gasteiger charge is 2.43. The highest BCUT2D eigenvalue weighted by molar-refractivity contribution is 6.42. The predicted octanol–water partition coefficient (Wildman–Crippen LogP) is 2.46. The van der Waals surface area contributed by atoms with Crippen LogP contribution in [0.1, 0.15) is 31.7 Å². The van der Waals surface area contributed by atoms with Gasteiger partial charge < -0.3 is 10.2 Å². The lowest BCUT2D eigenvalue weighted by Gasteiger charge is -2.40. The van der Waals surface area contributed by atoms with Gasteiger partial charge in [-0.1, -0.05) is 29.3 Å². The van der Waals surface area contributed by atoms with Gasteiger partial charge in [-0.2, -0.15) is 5.10 Å². The van der Waals surface area contributed by atoms with Crippen molar-refractivity contribution in [2.24, 2.45) is 12.5 Å². The number of benzene rings is 1. The van der Waals surface area contributed by atoms with Crippen molar-refractivity contribution in [3.05, 3.63) is 56.7 Å². The maximum Gasteiger partial charge on any atom is 0.311 e. The van der Waals surface area contributed by atoms with Crippen LogP contribution in [-0.2, 0) is 29.7 Å². The van der Waals surface area contributed by atoms with Crippen LogP contribution in [0.25, 0.3) is 11.0 Å². The first-order valence-corrected chi connectivity index (χ1v) is 13.5. The van der Waals surface area contributed by atoms with Crippen LogP contribution in [0, 0.1) is 5.41 Å². The van der Waals surface area contributed by atoms with Gasteiger partial charge >= 0.3 is 11.8 Å². The number of halogens is 2. The first-order chi connectivity index (χ1) is 18.1. The van der Waals surface area contributed by atoms with Crippen molar-refractivity contribution in [1.82, 2.24) is 34.4 Å². The van der Waals surface area contributed by atoms with E-state index in [0.29, 0.717) is 34.2 Å². The molecule has 12 heteroatoms. The summed E-state index contributed by atoms with van der Waals surface area (Å²) in [5.74, 6) is -1.17. The van der Waals surface area contributed by atoms with Gasteiger partial charge in [-0.05, 0) is 50.4 Å². The average molecular weight is 560 g/mol. The monoisotopic (exact) mass is 559 g/mol. The number of nitrogens with zero attached hydrogens (tertiary/aromatic N) is 6. The molecular formula is C26H31Cl2N7O3. The molecule has 38 heavy (non-hydrogen) atoms. The number of likely N-dealkylation sites (tertiary alicyclic amines) is 2. The van der Waals surface area contributed by atoms with Gasteiger partial charge in [0.2, 0.25) is 0 Å². The summed E-state index contributed by atoms with van der Waals surface area (Å²) in [7, 11) is 1.72. The Kier molecular flexibility index (Phi) is 7.48. The summed E-state index contributed by atoms with van der Waals surface area (Å²) < 4.78 is 2.96. The normalized spacial score (nSPS) is 20.8. The number of hydrogen-bond donors (Lipinski definition) is 1. The smallest absolute Gasteiger partial charge is 0.311 e. The predicted molar refractivity (Wildman–Crippen MR) is 145 cm³/mol. The van der Waals surface area contributed by atoms with Crippen LogP contribution in [0.15, 0.2) is 35.5 Å². The molecule has 2 saturated heterocycles. The number of aryl methyl sites for hydroxylation is 1. The zero-order valence-electron chi connectivity index (χ0n) is 21.5. The van der Waals surface area contributed by atoms with Gasteiger partial charge in [-0.25, -0.2) is 4.98 Å². The molecule has 5 rings (SSSR count). The highest BCUT2D eigenvalue weighted by atomic mass is 35.5. The van der Waals surface area contributed by atoms with E-state index < -0.39 is 17.9 Å². The first-order valence-electron chi connectivity index (χ1n) is 12.8. The maximum absolute atomic E-state index is 13.1. The number of fused-ring (bicyclic) bond motifs is 1. The molecule has 0 saturated carbocycles. The van der Waals surface area contributed by atoms with E-state index in [9.17, 15) is 14.4 Å². The average Bonchev–Trinajstić information content (AvgIpc) is 3.45. The first kappa shape index (κ1) is 26.6. The summed E-state index contributed by atoms with van der Waals surface area (Å²) in [6, 6.07) is 5.26. The number of carbonyl (C=O) groups excluding carboxylic acids is 2. The van der Waals surface area contributed by atoms with Crippen LogP contribution in [0.2, 0.25) is 10.0 Å². The number of amides is 2. The zero-order chi connectivity index (χ0) is 27.0. The van der Waals surface area contributed by atoms with Crippen LogP contribution in [-0.4, -0.2) is 73.2 Å². The minimum absolute atomic E-state index is 0.0197. The van der Waals surface area contributed by atoms with Crippen LogP contribution in [0.3, 0.4) is 0 Å². The minimum atomic E-state index is -0.649. The molecule has 2 aromatic heterocycles. The fraction of sp³-hybridized carbons (Fsp3) is 0.500. The number of carbonyl (C=O) groups is 2. The molecular weight excluding hydrogens is 529 g/mol. The van der Waals surface area contributed by atoms with E-state index in [1.54, 1.807) is 18.9 Å². The van der Waals surface area contributed by atoms with Crippen molar-refractivity contribution in [1.29, 1.82) is 0 Å².